The van der Waals surface area contributed by atoms with E-state index in [2.05, 4.69) is 6.58 Å². The summed E-state index contributed by atoms with van der Waals surface area (Å²) in [5.74, 6) is -0.525. The summed E-state index contributed by atoms with van der Waals surface area (Å²) in [6, 6.07) is 0. The van der Waals surface area contributed by atoms with Gasteiger partial charge in [-0.25, -0.2) is 0 Å². The molecule has 1 heterocycles. The SMILES string of the molecule is C=C(CO)[C@H]1COC(C)(C)O1. The largest absolute Gasteiger partial charge is 0.392 e. The molecule has 0 aromatic heterocycles. The molecule has 1 rings (SSSR count). The Hall–Kier alpha value is -0.380. The summed E-state index contributed by atoms with van der Waals surface area (Å²) in [6.07, 6.45) is -0.144. The van der Waals surface area contributed by atoms with Gasteiger partial charge in [0.15, 0.2) is 5.79 Å². The molecule has 11 heavy (non-hydrogen) atoms. The van der Waals surface area contributed by atoms with Crippen LogP contribution in [0.5, 0.6) is 0 Å². The zero-order valence-corrected chi connectivity index (χ0v) is 6.96. The molecule has 1 saturated heterocycles. The summed E-state index contributed by atoms with van der Waals surface area (Å²) < 4.78 is 10.7. The fourth-order valence-corrected chi connectivity index (χ4v) is 0.990. The normalized spacial score (nSPS) is 28.8. The van der Waals surface area contributed by atoms with Gasteiger partial charge in [0.2, 0.25) is 0 Å². The molecule has 1 aliphatic rings. The molecule has 1 aliphatic heterocycles. The summed E-state index contributed by atoms with van der Waals surface area (Å²) >= 11 is 0. The molecule has 0 aromatic rings. The van der Waals surface area contributed by atoms with Crippen LogP contribution in [-0.4, -0.2) is 30.2 Å². The minimum absolute atomic E-state index is 0.0376. The van der Waals surface area contributed by atoms with Gasteiger partial charge in [-0.2, -0.15) is 0 Å². The first-order valence-electron chi connectivity index (χ1n) is 3.65. The van der Waals surface area contributed by atoms with Crippen molar-refractivity contribution < 1.29 is 14.6 Å². The quantitative estimate of drug-likeness (QED) is 0.601. The molecule has 0 spiro atoms. The highest BCUT2D eigenvalue weighted by Crippen LogP contribution is 2.25. The molecule has 0 aliphatic carbocycles. The van der Waals surface area contributed by atoms with Gasteiger partial charge in [0.25, 0.3) is 0 Å². The second kappa shape index (κ2) is 2.93. The Morgan fingerprint density at radius 1 is 1.73 bits per heavy atom. The van der Waals surface area contributed by atoms with Gasteiger partial charge in [-0.1, -0.05) is 6.58 Å². The third kappa shape index (κ3) is 2.02. The molecule has 0 amide bonds. The van der Waals surface area contributed by atoms with E-state index in [9.17, 15) is 0 Å². The van der Waals surface area contributed by atoms with Crippen LogP contribution >= 0.6 is 0 Å². The van der Waals surface area contributed by atoms with Crippen LogP contribution in [0.15, 0.2) is 12.2 Å². The number of aliphatic hydroxyl groups excluding tert-OH is 1. The van der Waals surface area contributed by atoms with Crippen molar-refractivity contribution in [1.82, 2.24) is 0 Å². The molecule has 3 nitrogen and oxygen atoms in total. The zero-order valence-electron chi connectivity index (χ0n) is 6.96. The van der Waals surface area contributed by atoms with Gasteiger partial charge in [0.1, 0.15) is 6.10 Å². The summed E-state index contributed by atoms with van der Waals surface area (Å²) in [5.41, 5.74) is 0.676. The molecule has 1 fully saturated rings. The van der Waals surface area contributed by atoms with Crippen LogP contribution in [0.1, 0.15) is 13.8 Å². The van der Waals surface area contributed by atoms with Crippen molar-refractivity contribution in [1.29, 1.82) is 0 Å². The lowest BCUT2D eigenvalue weighted by Gasteiger charge is -2.17. The molecule has 0 aromatic carbocycles. The molecule has 3 heteroatoms. The van der Waals surface area contributed by atoms with Gasteiger partial charge in [-0.05, 0) is 19.4 Å². The minimum Gasteiger partial charge on any atom is -0.392 e. The summed E-state index contributed by atoms with van der Waals surface area (Å²) in [7, 11) is 0. The Kier molecular flexibility index (Phi) is 2.32. The Morgan fingerprint density at radius 3 is 2.73 bits per heavy atom. The molecule has 0 unspecified atom stereocenters. The van der Waals surface area contributed by atoms with E-state index in [1.807, 2.05) is 13.8 Å². The van der Waals surface area contributed by atoms with E-state index in [1.54, 1.807) is 0 Å². The van der Waals surface area contributed by atoms with Crippen LogP contribution in [0, 0.1) is 0 Å². The Balaban J connectivity index is 2.48. The molecule has 0 saturated carbocycles. The molecule has 0 bridgehead atoms. The van der Waals surface area contributed by atoms with Crippen molar-refractivity contribution in [3.05, 3.63) is 12.2 Å². The van der Waals surface area contributed by atoms with E-state index in [4.69, 9.17) is 14.6 Å². The monoisotopic (exact) mass is 158 g/mol. The van der Waals surface area contributed by atoms with Crippen molar-refractivity contribution in [2.75, 3.05) is 13.2 Å². The van der Waals surface area contributed by atoms with E-state index in [0.29, 0.717) is 12.2 Å². The summed E-state index contributed by atoms with van der Waals surface area (Å²) in [6.45, 7) is 7.81. The number of aliphatic hydroxyl groups is 1. The Bertz CT molecular complexity index is 163. The average Bonchev–Trinajstić information content (AvgIpc) is 2.29. The summed E-state index contributed by atoms with van der Waals surface area (Å²) in [5, 5.41) is 8.73. The fraction of sp³-hybridized carbons (Fsp3) is 0.750. The number of rotatable bonds is 2. The molecular weight excluding hydrogens is 144 g/mol. The maximum Gasteiger partial charge on any atom is 0.163 e. The van der Waals surface area contributed by atoms with Crippen molar-refractivity contribution in [2.45, 2.75) is 25.7 Å². The van der Waals surface area contributed by atoms with Crippen LogP contribution in [-0.2, 0) is 9.47 Å². The van der Waals surface area contributed by atoms with E-state index in [0.717, 1.165) is 0 Å². The maximum atomic E-state index is 8.73. The van der Waals surface area contributed by atoms with Crippen LogP contribution < -0.4 is 0 Å². The molecule has 1 atom stereocenters. The van der Waals surface area contributed by atoms with Gasteiger partial charge >= 0.3 is 0 Å². The highest BCUT2D eigenvalue weighted by Gasteiger charge is 2.33. The molecular formula is C8H14O3. The van der Waals surface area contributed by atoms with Gasteiger partial charge in [-0.3, -0.25) is 0 Å². The van der Waals surface area contributed by atoms with Gasteiger partial charge in [-0.15, -0.1) is 0 Å². The minimum atomic E-state index is -0.525. The van der Waals surface area contributed by atoms with Crippen LogP contribution in [0.4, 0.5) is 0 Å². The zero-order chi connectivity index (χ0) is 8.48. The van der Waals surface area contributed by atoms with Crippen molar-refractivity contribution in [3.8, 4) is 0 Å². The maximum absolute atomic E-state index is 8.73. The van der Waals surface area contributed by atoms with E-state index in [-0.39, 0.29) is 12.7 Å². The van der Waals surface area contributed by atoms with Crippen molar-refractivity contribution in [3.63, 3.8) is 0 Å². The fourth-order valence-electron chi connectivity index (χ4n) is 0.990. The first kappa shape index (κ1) is 8.71. The number of hydrogen-bond acceptors (Lipinski definition) is 3. The lowest BCUT2D eigenvalue weighted by Crippen LogP contribution is -2.22. The highest BCUT2D eigenvalue weighted by molar-refractivity contribution is 5.04. The second-order valence-corrected chi connectivity index (χ2v) is 3.13. The predicted molar refractivity (Wildman–Crippen MR) is 41.1 cm³/mol. The van der Waals surface area contributed by atoms with Crippen LogP contribution in [0.3, 0.4) is 0 Å². The molecule has 1 N–H and O–H groups in total. The van der Waals surface area contributed by atoms with Crippen LogP contribution in [0.25, 0.3) is 0 Å². The number of ether oxygens (including phenoxy) is 2. The molecule has 0 radical (unpaired) electrons. The Morgan fingerprint density at radius 2 is 2.36 bits per heavy atom. The van der Waals surface area contributed by atoms with Gasteiger partial charge in [0.05, 0.1) is 13.2 Å². The topological polar surface area (TPSA) is 38.7 Å². The smallest absolute Gasteiger partial charge is 0.163 e. The Labute approximate surface area is 66.6 Å². The third-order valence-electron chi connectivity index (χ3n) is 1.67. The summed E-state index contributed by atoms with van der Waals surface area (Å²) in [4.78, 5) is 0. The third-order valence-corrected chi connectivity index (χ3v) is 1.67. The van der Waals surface area contributed by atoms with E-state index >= 15 is 0 Å². The highest BCUT2D eigenvalue weighted by atomic mass is 16.7. The van der Waals surface area contributed by atoms with Crippen molar-refractivity contribution >= 4 is 0 Å². The van der Waals surface area contributed by atoms with E-state index < -0.39 is 5.79 Å². The first-order valence-corrected chi connectivity index (χ1v) is 3.65. The predicted octanol–water partition coefficient (Wildman–Crippen LogP) is 0.686. The van der Waals surface area contributed by atoms with Gasteiger partial charge in [0, 0.05) is 0 Å². The molecule has 64 valence electrons. The van der Waals surface area contributed by atoms with Gasteiger partial charge < -0.3 is 14.6 Å². The van der Waals surface area contributed by atoms with Crippen molar-refractivity contribution in [2.24, 2.45) is 0 Å². The number of hydrogen-bond donors (Lipinski definition) is 1. The lowest BCUT2D eigenvalue weighted by molar-refractivity contribution is -0.134. The lowest BCUT2D eigenvalue weighted by atomic mass is 10.2. The van der Waals surface area contributed by atoms with E-state index in [1.165, 1.54) is 0 Å². The average molecular weight is 158 g/mol. The van der Waals surface area contributed by atoms with Crippen LogP contribution in [0.2, 0.25) is 0 Å². The standard InChI is InChI=1S/C8H14O3/c1-6(4-9)7-5-10-8(2,3)11-7/h7,9H,1,4-5H2,2-3H3/t7-/m1/s1. The second-order valence-electron chi connectivity index (χ2n) is 3.13. The first-order chi connectivity index (χ1) is 5.05.